The molecule has 0 amide bonds. The predicted molar refractivity (Wildman–Crippen MR) is 124 cm³/mol. The van der Waals surface area contributed by atoms with Crippen LogP contribution < -0.4 is 10.9 Å². The van der Waals surface area contributed by atoms with E-state index in [0.29, 0.717) is 19.0 Å². The standard InChI is InChI=1S/C26H29N3O2/c30-17-15-27-25-28-23-21-11-5-4-10-20(21)18-26(13-6-7-14-26)22(23)24(31)29(25)16-12-19-8-2-1-3-9-19/h1-5,8-11,30H,6-7,12-18H2,(H,27,28). The molecule has 1 saturated carbocycles. The average molecular weight is 416 g/mol. The molecule has 0 bridgehead atoms. The second kappa shape index (κ2) is 8.31. The number of fused-ring (bicyclic) bond motifs is 4. The Bertz CT molecular complexity index is 1130. The number of aryl methyl sites for hydroxylation is 1. The van der Waals surface area contributed by atoms with Crippen LogP contribution >= 0.6 is 0 Å². The first-order valence-electron chi connectivity index (χ1n) is 11.3. The summed E-state index contributed by atoms with van der Waals surface area (Å²) in [6.07, 6.45) is 6.11. The SMILES string of the molecule is O=c1c2c(nc(NCCO)n1CCc1ccccc1)-c1ccccc1CC21CCCC1. The summed E-state index contributed by atoms with van der Waals surface area (Å²) in [5, 5.41) is 12.6. The minimum atomic E-state index is -0.0994. The molecular weight excluding hydrogens is 386 g/mol. The first kappa shape index (κ1) is 20.0. The van der Waals surface area contributed by atoms with Gasteiger partial charge in [0.2, 0.25) is 5.95 Å². The van der Waals surface area contributed by atoms with Gasteiger partial charge in [0.05, 0.1) is 17.9 Å². The molecule has 5 rings (SSSR count). The van der Waals surface area contributed by atoms with Crippen molar-refractivity contribution in [3.8, 4) is 11.3 Å². The number of aliphatic hydroxyl groups excluding tert-OH is 1. The van der Waals surface area contributed by atoms with Crippen molar-refractivity contribution >= 4 is 5.95 Å². The third-order valence-electron chi connectivity index (χ3n) is 6.92. The average Bonchev–Trinajstić information content (AvgIpc) is 3.26. The maximum atomic E-state index is 14.0. The lowest BCUT2D eigenvalue weighted by molar-refractivity contribution is 0.310. The first-order valence-corrected chi connectivity index (χ1v) is 11.3. The number of anilines is 1. The first-order chi connectivity index (χ1) is 15.2. The summed E-state index contributed by atoms with van der Waals surface area (Å²) >= 11 is 0. The Morgan fingerprint density at radius 2 is 1.77 bits per heavy atom. The molecule has 5 heteroatoms. The van der Waals surface area contributed by atoms with Crippen molar-refractivity contribution in [2.24, 2.45) is 0 Å². The third kappa shape index (κ3) is 3.57. The fourth-order valence-electron chi connectivity index (χ4n) is 5.46. The molecule has 1 fully saturated rings. The van der Waals surface area contributed by atoms with E-state index < -0.39 is 0 Å². The van der Waals surface area contributed by atoms with Crippen molar-refractivity contribution in [2.45, 2.75) is 50.5 Å². The highest BCUT2D eigenvalue weighted by Gasteiger charge is 2.44. The number of aromatic nitrogens is 2. The molecule has 2 aromatic carbocycles. The van der Waals surface area contributed by atoms with Crippen molar-refractivity contribution in [1.82, 2.24) is 9.55 Å². The van der Waals surface area contributed by atoms with E-state index in [1.54, 1.807) is 4.57 Å². The number of hydrogen-bond acceptors (Lipinski definition) is 4. The van der Waals surface area contributed by atoms with E-state index >= 15 is 0 Å². The Balaban J connectivity index is 1.66. The zero-order chi connectivity index (χ0) is 21.3. The van der Waals surface area contributed by atoms with E-state index in [9.17, 15) is 9.90 Å². The molecule has 2 aliphatic rings. The summed E-state index contributed by atoms with van der Waals surface area (Å²) in [6, 6.07) is 18.6. The van der Waals surface area contributed by atoms with Crippen LogP contribution in [0, 0.1) is 0 Å². The van der Waals surface area contributed by atoms with Gasteiger partial charge in [0.15, 0.2) is 0 Å². The minimum Gasteiger partial charge on any atom is -0.395 e. The number of nitrogens with one attached hydrogen (secondary N) is 1. The number of aliphatic hydroxyl groups is 1. The van der Waals surface area contributed by atoms with Crippen LogP contribution in [0.2, 0.25) is 0 Å². The number of benzene rings is 2. The highest BCUT2D eigenvalue weighted by Crippen LogP contribution is 2.49. The normalized spacial score (nSPS) is 16.2. The van der Waals surface area contributed by atoms with Gasteiger partial charge in [-0.1, -0.05) is 67.4 Å². The third-order valence-corrected chi connectivity index (χ3v) is 6.92. The van der Waals surface area contributed by atoms with E-state index in [1.807, 2.05) is 24.3 Å². The molecule has 0 aliphatic heterocycles. The van der Waals surface area contributed by atoms with Crippen LogP contribution in [0.15, 0.2) is 59.4 Å². The molecule has 2 aliphatic carbocycles. The van der Waals surface area contributed by atoms with Gasteiger partial charge in [-0.25, -0.2) is 4.98 Å². The quantitative estimate of drug-likeness (QED) is 0.640. The summed E-state index contributed by atoms with van der Waals surface area (Å²) in [6.45, 7) is 0.921. The largest absolute Gasteiger partial charge is 0.395 e. The van der Waals surface area contributed by atoms with Crippen LogP contribution in [-0.2, 0) is 24.8 Å². The van der Waals surface area contributed by atoms with Crippen LogP contribution in [0.5, 0.6) is 0 Å². The monoisotopic (exact) mass is 415 g/mol. The summed E-state index contributed by atoms with van der Waals surface area (Å²) in [7, 11) is 0. The van der Waals surface area contributed by atoms with Gasteiger partial charge in [-0.2, -0.15) is 0 Å². The van der Waals surface area contributed by atoms with Crippen molar-refractivity contribution in [3.63, 3.8) is 0 Å². The highest BCUT2D eigenvalue weighted by atomic mass is 16.3. The van der Waals surface area contributed by atoms with Crippen molar-refractivity contribution < 1.29 is 5.11 Å². The molecule has 1 aromatic heterocycles. The van der Waals surface area contributed by atoms with Gasteiger partial charge < -0.3 is 10.4 Å². The Morgan fingerprint density at radius 3 is 2.55 bits per heavy atom. The fraction of sp³-hybridized carbons (Fsp3) is 0.385. The topological polar surface area (TPSA) is 67.2 Å². The maximum absolute atomic E-state index is 14.0. The molecule has 0 radical (unpaired) electrons. The number of nitrogens with zero attached hydrogens (tertiary/aromatic N) is 2. The van der Waals surface area contributed by atoms with Gasteiger partial charge in [-0.15, -0.1) is 0 Å². The van der Waals surface area contributed by atoms with E-state index in [0.717, 1.165) is 55.3 Å². The van der Waals surface area contributed by atoms with Gasteiger partial charge in [-0.05, 0) is 36.8 Å². The molecular formula is C26H29N3O2. The molecule has 1 spiro atoms. The highest BCUT2D eigenvalue weighted by molar-refractivity contribution is 5.72. The Hall–Kier alpha value is -2.92. The Morgan fingerprint density at radius 1 is 1.03 bits per heavy atom. The predicted octanol–water partition coefficient (Wildman–Crippen LogP) is 3.93. The summed E-state index contributed by atoms with van der Waals surface area (Å²) in [4.78, 5) is 19.0. The van der Waals surface area contributed by atoms with Gasteiger partial charge in [0, 0.05) is 24.1 Å². The van der Waals surface area contributed by atoms with Crippen molar-refractivity contribution in [2.75, 3.05) is 18.5 Å². The van der Waals surface area contributed by atoms with Crippen LogP contribution in [0.4, 0.5) is 5.95 Å². The van der Waals surface area contributed by atoms with Gasteiger partial charge >= 0.3 is 0 Å². The maximum Gasteiger partial charge on any atom is 0.259 e. The van der Waals surface area contributed by atoms with Crippen LogP contribution in [0.1, 0.15) is 42.4 Å². The summed E-state index contributed by atoms with van der Waals surface area (Å²) < 4.78 is 1.80. The van der Waals surface area contributed by atoms with E-state index in [4.69, 9.17) is 4.98 Å². The molecule has 1 heterocycles. The van der Waals surface area contributed by atoms with Gasteiger partial charge in [0.25, 0.3) is 5.56 Å². The van der Waals surface area contributed by atoms with Gasteiger partial charge in [0.1, 0.15) is 0 Å². The zero-order valence-corrected chi connectivity index (χ0v) is 17.8. The second-order valence-corrected chi connectivity index (χ2v) is 8.82. The Kier molecular flexibility index (Phi) is 5.36. The molecule has 160 valence electrons. The Labute approximate surface area is 182 Å². The van der Waals surface area contributed by atoms with Crippen LogP contribution in [-0.4, -0.2) is 27.8 Å². The molecule has 0 atom stereocenters. The smallest absolute Gasteiger partial charge is 0.259 e. The lowest BCUT2D eigenvalue weighted by atomic mass is 9.68. The molecule has 5 nitrogen and oxygen atoms in total. The van der Waals surface area contributed by atoms with Crippen LogP contribution in [0.3, 0.4) is 0 Å². The lowest BCUT2D eigenvalue weighted by Crippen LogP contribution is -2.41. The van der Waals surface area contributed by atoms with E-state index in [-0.39, 0.29) is 17.6 Å². The lowest BCUT2D eigenvalue weighted by Gasteiger charge is -2.36. The minimum absolute atomic E-state index is 0.00777. The number of rotatable bonds is 6. The molecule has 31 heavy (non-hydrogen) atoms. The molecule has 0 saturated heterocycles. The molecule has 2 N–H and O–H groups in total. The van der Waals surface area contributed by atoms with E-state index in [1.165, 1.54) is 11.1 Å². The zero-order valence-electron chi connectivity index (χ0n) is 17.8. The van der Waals surface area contributed by atoms with E-state index in [2.05, 4.69) is 35.6 Å². The van der Waals surface area contributed by atoms with Crippen molar-refractivity contribution in [3.05, 3.63) is 81.6 Å². The fourth-order valence-corrected chi connectivity index (χ4v) is 5.46. The second-order valence-electron chi connectivity index (χ2n) is 8.82. The number of hydrogen-bond donors (Lipinski definition) is 2. The molecule has 0 unspecified atom stereocenters. The van der Waals surface area contributed by atoms with Crippen LogP contribution in [0.25, 0.3) is 11.3 Å². The van der Waals surface area contributed by atoms with Crippen molar-refractivity contribution in [1.29, 1.82) is 0 Å². The molecule has 3 aromatic rings. The summed E-state index contributed by atoms with van der Waals surface area (Å²) in [5.74, 6) is 0.554. The van der Waals surface area contributed by atoms with Gasteiger partial charge in [-0.3, -0.25) is 9.36 Å². The summed E-state index contributed by atoms with van der Waals surface area (Å²) in [5.41, 5.74) is 5.29.